The number of hydrogen-bond donors (Lipinski definition) is 1. The van der Waals surface area contributed by atoms with Crippen LogP contribution in [0.3, 0.4) is 0 Å². The summed E-state index contributed by atoms with van der Waals surface area (Å²) in [7, 11) is -0.992. The maximum Gasteiger partial charge on any atom is 0.265 e. The van der Waals surface area contributed by atoms with Crippen molar-refractivity contribution in [3.8, 4) is 22.8 Å². The number of sulfonamides is 1. The van der Waals surface area contributed by atoms with Crippen LogP contribution in [0.1, 0.15) is 0 Å². The van der Waals surface area contributed by atoms with Crippen molar-refractivity contribution >= 4 is 21.5 Å². The van der Waals surface area contributed by atoms with Gasteiger partial charge in [0.05, 0.1) is 33.1 Å². The molecule has 1 N–H and O–H groups in total. The Kier molecular flexibility index (Phi) is 6.42. The summed E-state index contributed by atoms with van der Waals surface area (Å²) in [6, 6.07) is 15.4. The van der Waals surface area contributed by atoms with E-state index in [-0.39, 0.29) is 10.6 Å². The molecular formula is C22H24N4O5S. The molecule has 9 nitrogen and oxygen atoms in total. The highest BCUT2D eigenvalue weighted by Gasteiger charge is 2.21. The molecule has 1 aliphatic heterocycles. The van der Waals surface area contributed by atoms with Gasteiger partial charge in [-0.15, -0.1) is 10.2 Å². The highest BCUT2D eigenvalue weighted by atomic mass is 32.2. The number of morpholine rings is 1. The Morgan fingerprint density at radius 1 is 0.938 bits per heavy atom. The standard InChI is InChI=1S/C22H24N4O5S/c1-29-18-7-9-20(30-2)21(15-18)32(27,28)25-17-5-3-16(4-6-17)19-8-10-22(24-23-19)26-11-13-31-14-12-26/h3-10,15,25H,11-14H2,1-2H3. The molecule has 1 aliphatic rings. The zero-order valence-electron chi connectivity index (χ0n) is 17.8. The third kappa shape index (κ3) is 4.76. The van der Waals surface area contributed by atoms with Crippen LogP contribution in [0.4, 0.5) is 11.5 Å². The summed E-state index contributed by atoms with van der Waals surface area (Å²) in [5.74, 6) is 1.46. The second kappa shape index (κ2) is 9.41. The van der Waals surface area contributed by atoms with Crippen LogP contribution in [-0.2, 0) is 14.8 Å². The highest BCUT2D eigenvalue weighted by Crippen LogP contribution is 2.30. The molecule has 0 atom stereocenters. The lowest BCUT2D eigenvalue weighted by molar-refractivity contribution is 0.122. The average molecular weight is 457 g/mol. The normalized spacial score (nSPS) is 14.1. The number of aromatic nitrogens is 2. The Bertz CT molecular complexity index is 1160. The number of ether oxygens (including phenoxy) is 3. The van der Waals surface area contributed by atoms with Gasteiger partial charge in [-0.3, -0.25) is 4.72 Å². The van der Waals surface area contributed by atoms with Gasteiger partial charge in [0, 0.05) is 30.4 Å². The lowest BCUT2D eigenvalue weighted by Crippen LogP contribution is -2.36. The lowest BCUT2D eigenvalue weighted by Gasteiger charge is -2.27. The first kappa shape index (κ1) is 21.8. The maximum atomic E-state index is 12.9. The van der Waals surface area contributed by atoms with E-state index in [1.807, 2.05) is 12.1 Å². The van der Waals surface area contributed by atoms with Crippen molar-refractivity contribution in [3.05, 3.63) is 54.6 Å². The van der Waals surface area contributed by atoms with E-state index < -0.39 is 10.0 Å². The molecule has 10 heteroatoms. The Balaban J connectivity index is 1.50. The minimum atomic E-state index is -3.88. The SMILES string of the molecule is COc1ccc(OC)c(S(=O)(=O)Nc2ccc(-c3ccc(N4CCOCC4)nn3)cc2)c1. The molecule has 2 aromatic carbocycles. The van der Waals surface area contributed by atoms with Gasteiger partial charge in [-0.05, 0) is 36.4 Å². The van der Waals surface area contributed by atoms with Gasteiger partial charge >= 0.3 is 0 Å². The fourth-order valence-corrected chi connectivity index (χ4v) is 4.60. The molecule has 0 spiro atoms. The Labute approximate surface area is 187 Å². The predicted octanol–water partition coefficient (Wildman–Crippen LogP) is 2.80. The van der Waals surface area contributed by atoms with Crippen LogP contribution in [0.5, 0.6) is 11.5 Å². The first-order valence-electron chi connectivity index (χ1n) is 10.0. The molecular weight excluding hydrogens is 432 g/mol. The van der Waals surface area contributed by atoms with Crippen molar-refractivity contribution in [2.24, 2.45) is 0 Å². The van der Waals surface area contributed by atoms with Gasteiger partial charge < -0.3 is 19.1 Å². The molecule has 1 saturated heterocycles. The van der Waals surface area contributed by atoms with Crippen LogP contribution in [0, 0.1) is 0 Å². The number of nitrogens with zero attached hydrogens (tertiary/aromatic N) is 3. The molecule has 0 radical (unpaired) electrons. The van der Waals surface area contributed by atoms with Gasteiger partial charge in [0.15, 0.2) is 5.82 Å². The molecule has 0 amide bonds. The van der Waals surface area contributed by atoms with Crippen molar-refractivity contribution in [1.29, 1.82) is 0 Å². The minimum absolute atomic E-state index is 0.00649. The number of rotatable bonds is 7. The van der Waals surface area contributed by atoms with E-state index >= 15 is 0 Å². The lowest BCUT2D eigenvalue weighted by atomic mass is 10.1. The molecule has 4 rings (SSSR count). The van der Waals surface area contributed by atoms with Crippen LogP contribution in [0.25, 0.3) is 11.3 Å². The van der Waals surface area contributed by atoms with Crippen molar-refractivity contribution in [2.45, 2.75) is 4.90 Å². The largest absolute Gasteiger partial charge is 0.497 e. The maximum absolute atomic E-state index is 12.9. The van der Waals surface area contributed by atoms with E-state index in [0.29, 0.717) is 30.3 Å². The smallest absolute Gasteiger partial charge is 0.265 e. The summed E-state index contributed by atoms with van der Waals surface area (Å²) in [5.41, 5.74) is 1.94. The quantitative estimate of drug-likeness (QED) is 0.579. The molecule has 0 aliphatic carbocycles. The van der Waals surface area contributed by atoms with E-state index in [2.05, 4.69) is 19.8 Å². The topological polar surface area (TPSA) is 103 Å². The molecule has 0 saturated carbocycles. The fraction of sp³-hybridized carbons (Fsp3) is 0.273. The van der Waals surface area contributed by atoms with Gasteiger partial charge in [0.1, 0.15) is 16.4 Å². The van der Waals surface area contributed by atoms with Crippen molar-refractivity contribution in [1.82, 2.24) is 10.2 Å². The molecule has 32 heavy (non-hydrogen) atoms. The third-order valence-corrected chi connectivity index (χ3v) is 6.48. The average Bonchev–Trinajstić information content (AvgIpc) is 2.84. The zero-order valence-corrected chi connectivity index (χ0v) is 18.6. The zero-order chi connectivity index (χ0) is 22.6. The van der Waals surface area contributed by atoms with Crippen LogP contribution in [0.15, 0.2) is 59.5 Å². The van der Waals surface area contributed by atoms with E-state index in [4.69, 9.17) is 14.2 Å². The summed E-state index contributed by atoms with van der Waals surface area (Å²) in [4.78, 5) is 2.12. The number of benzene rings is 2. The van der Waals surface area contributed by atoms with Crippen LogP contribution in [-0.4, -0.2) is 59.1 Å². The molecule has 3 aromatic rings. The van der Waals surface area contributed by atoms with Gasteiger partial charge in [0.25, 0.3) is 10.0 Å². The molecule has 2 heterocycles. The summed E-state index contributed by atoms with van der Waals surface area (Å²) in [5, 5.41) is 8.63. The molecule has 0 unspecified atom stereocenters. The second-order valence-corrected chi connectivity index (χ2v) is 8.73. The van der Waals surface area contributed by atoms with Crippen molar-refractivity contribution < 1.29 is 22.6 Å². The first-order valence-corrected chi connectivity index (χ1v) is 11.5. The summed E-state index contributed by atoms with van der Waals surface area (Å²) in [6.45, 7) is 2.95. The molecule has 168 valence electrons. The van der Waals surface area contributed by atoms with E-state index in [1.54, 1.807) is 36.4 Å². The number of nitrogens with one attached hydrogen (secondary N) is 1. The van der Waals surface area contributed by atoms with E-state index in [0.717, 1.165) is 24.5 Å². The number of methoxy groups -OCH3 is 2. The van der Waals surface area contributed by atoms with E-state index in [9.17, 15) is 8.42 Å². The molecule has 0 bridgehead atoms. The van der Waals surface area contributed by atoms with Crippen LogP contribution >= 0.6 is 0 Å². The summed E-state index contributed by atoms with van der Waals surface area (Å²) in [6.07, 6.45) is 0. The van der Waals surface area contributed by atoms with Gasteiger partial charge in [-0.1, -0.05) is 12.1 Å². The number of anilines is 2. The summed E-state index contributed by atoms with van der Waals surface area (Å²) >= 11 is 0. The van der Waals surface area contributed by atoms with E-state index in [1.165, 1.54) is 20.3 Å². The van der Waals surface area contributed by atoms with Crippen LogP contribution in [0.2, 0.25) is 0 Å². The van der Waals surface area contributed by atoms with Crippen molar-refractivity contribution in [3.63, 3.8) is 0 Å². The fourth-order valence-electron chi connectivity index (χ4n) is 3.35. The van der Waals surface area contributed by atoms with Crippen LogP contribution < -0.4 is 19.1 Å². The van der Waals surface area contributed by atoms with Crippen molar-refractivity contribution in [2.75, 3.05) is 50.1 Å². The Hall–Kier alpha value is -3.37. The number of hydrogen-bond acceptors (Lipinski definition) is 8. The predicted molar refractivity (Wildman–Crippen MR) is 121 cm³/mol. The minimum Gasteiger partial charge on any atom is -0.497 e. The Morgan fingerprint density at radius 2 is 1.69 bits per heavy atom. The van der Waals surface area contributed by atoms with Gasteiger partial charge in [0.2, 0.25) is 0 Å². The monoisotopic (exact) mass is 456 g/mol. The molecule has 1 aromatic heterocycles. The van der Waals surface area contributed by atoms with Gasteiger partial charge in [-0.25, -0.2) is 8.42 Å². The first-order chi connectivity index (χ1) is 15.5. The Morgan fingerprint density at radius 3 is 2.31 bits per heavy atom. The summed E-state index contributed by atoms with van der Waals surface area (Å²) < 4.78 is 44.1. The second-order valence-electron chi connectivity index (χ2n) is 7.08. The third-order valence-electron chi connectivity index (χ3n) is 5.08. The highest BCUT2D eigenvalue weighted by molar-refractivity contribution is 7.92. The molecule has 1 fully saturated rings. The van der Waals surface area contributed by atoms with Gasteiger partial charge in [-0.2, -0.15) is 0 Å².